The average Bonchev–Trinajstić information content (AvgIpc) is 3.02. The molecule has 1 aromatic carbocycles. The fourth-order valence-electron chi connectivity index (χ4n) is 2.81. The molecule has 4 heteroatoms. The third kappa shape index (κ3) is 3.02. The van der Waals surface area contributed by atoms with Gasteiger partial charge in [-0.3, -0.25) is 0 Å². The lowest BCUT2D eigenvalue weighted by Gasteiger charge is -2.29. The van der Waals surface area contributed by atoms with Crippen LogP contribution in [0.3, 0.4) is 0 Å². The summed E-state index contributed by atoms with van der Waals surface area (Å²) in [6, 6.07) is 8.80. The van der Waals surface area contributed by atoms with Crippen molar-refractivity contribution >= 4 is 5.69 Å². The molecule has 1 aromatic heterocycles. The molecule has 106 valence electrons. The number of rotatable bonds is 4. The summed E-state index contributed by atoms with van der Waals surface area (Å²) < 4.78 is 10.8. The highest BCUT2D eigenvalue weighted by atomic mass is 16.5. The van der Waals surface area contributed by atoms with Gasteiger partial charge in [-0.1, -0.05) is 0 Å². The Labute approximate surface area is 119 Å². The lowest BCUT2D eigenvalue weighted by Crippen LogP contribution is -2.30. The molecule has 0 bridgehead atoms. The molecule has 1 N–H and O–H groups in total. The smallest absolute Gasteiger partial charge is 0.181 e. The number of hydrogen-bond acceptors (Lipinski definition) is 4. The molecule has 1 saturated carbocycles. The number of benzene rings is 1. The second kappa shape index (κ2) is 6.09. The SMILES string of the molecule is COC1CCCC(Nc2ccc(-c3cnco3)cc2)C1. The van der Waals surface area contributed by atoms with Crippen molar-refractivity contribution < 1.29 is 9.15 Å². The Kier molecular flexibility index (Phi) is 4.02. The first-order chi connectivity index (χ1) is 9.85. The minimum absolute atomic E-state index is 0.398. The predicted molar refractivity (Wildman–Crippen MR) is 78.6 cm³/mol. The van der Waals surface area contributed by atoms with Gasteiger partial charge < -0.3 is 14.5 Å². The quantitative estimate of drug-likeness (QED) is 0.921. The van der Waals surface area contributed by atoms with Crippen molar-refractivity contribution in [1.82, 2.24) is 4.98 Å². The van der Waals surface area contributed by atoms with E-state index in [2.05, 4.69) is 34.6 Å². The molecular formula is C16H20N2O2. The number of ether oxygens (including phenoxy) is 1. The zero-order valence-corrected chi connectivity index (χ0v) is 11.7. The molecule has 20 heavy (non-hydrogen) atoms. The van der Waals surface area contributed by atoms with Crippen LogP contribution in [0, 0.1) is 0 Å². The summed E-state index contributed by atoms with van der Waals surface area (Å²) in [6.07, 6.45) is 8.28. The molecular weight excluding hydrogens is 252 g/mol. The third-order valence-electron chi connectivity index (χ3n) is 3.93. The van der Waals surface area contributed by atoms with Crippen LogP contribution in [0.4, 0.5) is 5.69 Å². The van der Waals surface area contributed by atoms with Crippen LogP contribution >= 0.6 is 0 Å². The number of oxazole rings is 1. The fraction of sp³-hybridized carbons (Fsp3) is 0.438. The van der Waals surface area contributed by atoms with Crippen molar-refractivity contribution in [3.05, 3.63) is 36.9 Å². The van der Waals surface area contributed by atoms with E-state index in [1.54, 1.807) is 13.3 Å². The van der Waals surface area contributed by atoms with E-state index in [-0.39, 0.29) is 0 Å². The van der Waals surface area contributed by atoms with Crippen molar-refractivity contribution in [2.45, 2.75) is 37.8 Å². The summed E-state index contributed by atoms with van der Waals surface area (Å²) in [5.74, 6) is 0.800. The van der Waals surface area contributed by atoms with E-state index in [1.807, 2.05) is 0 Å². The van der Waals surface area contributed by atoms with Gasteiger partial charge in [-0.25, -0.2) is 4.98 Å². The first kappa shape index (κ1) is 13.2. The van der Waals surface area contributed by atoms with Gasteiger partial charge in [0.15, 0.2) is 12.2 Å². The second-order valence-electron chi connectivity index (χ2n) is 5.31. The van der Waals surface area contributed by atoms with Crippen molar-refractivity contribution in [1.29, 1.82) is 0 Å². The minimum Gasteiger partial charge on any atom is -0.444 e. The second-order valence-corrected chi connectivity index (χ2v) is 5.31. The van der Waals surface area contributed by atoms with Crippen LogP contribution in [0.15, 0.2) is 41.3 Å². The number of methoxy groups -OCH3 is 1. The summed E-state index contributed by atoms with van der Waals surface area (Å²) in [5, 5.41) is 3.59. The summed E-state index contributed by atoms with van der Waals surface area (Å²) in [7, 11) is 1.80. The number of anilines is 1. The topological polar surface area (TPSA) is 47.3 Å². The van der Waals surface area contributed by atoms with Crippen LogP contribution in [0.5, 0.6) is 0 Å². The zero-order chi connectivity index (χ0) is 13.8. The summed E-state index contributed by atoms with van der Waals surface area (Å²) >= 11 is 0. The van der Waals surface area contributed by atoms with Gasteiger partial charge >= 0.3 is 0 Å². The molecule has 0 amide bonds. The van der Waals surface area contributed by atoms with Gasteiger partial charge in [-0.15, -0.1) is 0 Å². The zero-order valence-electron chi connectivity index (χ0n) is 11.7. The molecule has 1 heterocycles. The molecule has 1 fully saturated rings. The van der Waals surface area contributed by atoms with E-state index in [1.165, 1.54) is 25.7 Å². The maximum Gasteiger partial charge on any atom is 0.181 e. The average molecular weight is 272 g/mol. The Morgan fingerprint density at radius 1 is 1.25 bits per heavy atom. The highest BCUT2D eigenvalue weighted by Gasteiger charge is 2.21. The molecule has 0 radical (unpaired) electrons. The monoisotopic (exact) mass is 272 g/mol. The molecule has 2 atom stereocenters. The van der Waals surface area contributed by atoms with Gasteiger partial charge in [0.05, 0.1) is 12.3 Å². The van der Waals surface area contributed by atoms with Crippen LogP contribution in [0.1, 0.15) is 25.7 Å². The maximum atomic E-state index is 5.47. The highest BCUT2D eigenvalue weighted by Crippen LogP contribution is 2.25. The van der Waals surface area contributed by atoms with Gasteiger partial charge in [-0.05, 0) is 49.9 Å². The van der Waals surface area contributed by atoms with Crippen molar-refractivity contribution in [3.63, 3.8) is 0 Å². The van der Waals surface area contributed by atoms with Gasteiger partial charge in [0.1, 0.15) is 0 Å². The Hall–Kier alpha value is -1.81. The van der Waals surface area contributed by atoms with E-state index in [9.17, 15) is 0 Å². The van der Waals surface area contributed by atoms with Crippen molar-refractivity contribution in [2.75, 3.05) is 12.4 Å². The van der Waals surface area contributed by atoms with Crippen LogP contribution in [-0.4, -0.2) is 24.2 Å². The van der Waals surface area contributed by atoms with Gasteiger partial charge in [0.25, 0.3) is 0 Å². The van der Waals surface area contributed by atoms with Crippen LogP contribution < -0.4 is 5.32 Å². The number of nitrogens with zero attached hydrogens (tertiary/aromatic N) is 1. The third-order valence-corrected chi connectivity index (χ3v) is 3.93. The van der Waals surface area contributed by atoms with Crippen molar-refractivity contribution in [3.8, 4) is 11.3 Å². The molecule has 1 aliphatic carbocycles. The van der Waals surface area contributed by atoms with Gasteiger partial charge in [-0.2, -0.15) is 0 Å². The first-order valence-corrected chi connectivity index (χ1v) is 7.13. The number of aromatic nitrogens is 1. The molecule has 3 rings (SSSR count). The highest BCUT2D eigenvalue weighted by molar-refractivity contribution is 5.60. The van der Waals surface area contributed by atoms with Crippen molar-refractivity contribution in [2.24, 2.45) is 0 Å². The normalized spacial score (nSPS) is 22.6. The molecule has 2 aromatic rings. The van der Waals surface area contributed by atoms with E-state index >= 15 is 0 Å². The number of nitrogens with one attached hydrogen (secondary N) is 1. The fourth-order valence-corrected chi connectivity index (χ4v) is 2.81. The Morgan fingerprint density at radius 3 is 2.80 bits per heavy atom. The molecule has 1 aliphatic rings. The summed E-state index contributed by atoms with van der Waals surface area (Å²) in [4.78, 5) is 3.94. The molecule has 0 aliphatic heterocycles. The predicted octanol–water partition coefficient (Wildman–Crippen LogP) is 3.71. The Bertz CT molecular complexity index is 522. The van der Waals surface area contributed by atoms with E-state index < -0.39 is 0 Å². The van der Waals surface area contributed by atoms with Crippen LogP contribution in [0.25, 0.3) is 11.3 Å². The Balaban J connectivity index is 1.63. The van der Waals surface area contributed by atoms with Gasteiger partial charge in [0.2, 0.25) is 0 Å². The summed E-state index contributed by atoms with van der Waals surface area (Å²) in [5.41, 5.74) is 2.20. The van der Waals surface area contributed by atoms with E-state index in [0.29, 0.717) is 12.1 Å². The molecule has 4 nitrogen and oxygen atoms in total. The lowest BCUT2D eigenvalue weighted by atomic mass is 9.92. The van der Waals surface area contributed by atoms with Crippen LogP contribution in [-0.2, 0) is 4.74 Å². The number of hydrogen-bond donors (Lipinski definition) is 1. The minimum atomic E-state index is 0.398. The van der Waals surface area contributed by atoms with Crippen LogP contribution in [0.2, 0.25) is 0 Å². The van der Waals surface area contributed by atoms with E-state index in [0.717, 1.165) is 23.4 Å². The summed E-state index contributed by atoms with van der Waals surface area (Å²) in [6.45, 7) is 0. The van der Waals surface area contributed by atoms with Gasteiger partial charge in [0, 0.05) is 24.4 Å². The Morgan fingerprint density at radius 2 is 2.10 bits per heavy atom. The molecule has 0 saturated heterocycles. The lowest BCUT2D eigenvalue weighted by molar-refractivity contribution is 0.0669. The standard InChI is InChI=1S/C16H20N2O2/c1-19-15-4-2-3-14(9-15)18-13-7-5-12(6-8-13)16-10-17-11-20-16/h5-8,10-11,14-15,18H,2-4,9H2,1H3. The molecule has 0 spiro atoms. The first-order valence-electron chi connectivity index (χ1n) is 7.13. The maximum absolute atomic E-state index is 5.47. The molecule has 2 unspecified atom stereocenters. The largest absolute Gasteiger partial charge is 0.444 e. The van der Waals surface area contributed by atoms with E-state index in [4.69, 9.17) is 9.15 Å².